The van der Waals surface area contributed by atoms with Crippen molar-refractivity contribution < 1.29 is 14.3 Å². The molecule has 1 aromatic carbocycles. The van der Waals surface area contributed by atoms with Crippen LogP contribution in [0.15, 0.2) is 36.0 Å². The van der Waals surface area contributed by atoms with E-state index in [1.807, 2.05) is 25.1 Å². The van der Waals surface area contributed by atoms with Crippen LogP contribution >= 0.6 is 0 Å². The first-order valence-electron chi connectivity index (χ1n) is 7.08. The highest BCUT2D eigenvalue weighted by Gasteiger charge is 2.08. The molecule has 0 unspecified atom stereocenters. The van der Waals surface area contributed by atoms with Gasteiger partial charge in [-0.3, -0.25) is 4.79 Å². The van der Waals surface area contributed by atoms with E-state index in [4.69, 9.17) is 14.7 Å². The molecule has 0 spiro atoms. The Bertz CT molecular complexity index is 550. The summed E-state index contributed by atoms with van der Waals surface area (Å²) in [6.07, 6.45) is 2.08. The van der Waals surface area contributed by atoms with Gasteiger partial charge in [0.2, 0.25) is 0 Å². The van der Waals surface area contributed by atoms with E-state index >= 15 is 0 Å². The average molecular weight is 303 g/mol. The highest BCUT2D eigenvalue weighted by atomic mass is 16.5. The zero-order valence-corrected chi connectivity index (χ0v) is 12.9. The van der Waals surface area contributed by atoms with Gasteiger partial charge in [-0.25, -0.2) is 0 Å². The van der Waals surface area contributed by atoms with Gasteiger partial charge in [0, 0.05) is 26.0 Å². The molecule has 0 bridgehead atoms. The molecule has 118 valence electrons. The first-order valence-corrected chi connectivity index (χ1v) is 7.08. The van der Waals surface area contributed by atoms with Crippen LogP contribution in [0.2, 0.25) is 0 Å². The van der Waals surface area contributed by atoms with Crippen molar-refractivity contribution in [3.63, 3.8) is 0 Å². The Balaban J connectivity index is 2.55. The van der Waals surface area contributed by atoms with Gasteiger partial charge in [-0.2, -0.15) is 5.26 Å². The number of amides is 1. The number of rotatable bonds is 9. The number of benzene rings is 1. The molecule has 0 heterocycles. The average Bonchev–Trinajstić information content (AvgIpc) is 2.55. The number of carbonyl (C=O) groups is 1. The van der Waals surface area contributed by atoms with E-state index in [0.29, 0.717) is 37.6 Å². The molecular weight excluding hydrogens is 282 g/mol. The molecule has 0 fully saturated rings. The second kappa shape index (κ2) is 10.2. The molecule has 0 saturated carbocycles. The fourth-order valence-electron chi connectivity index (χ4n) is 1.68. The van der Waals surface area contributed by atoms with Gasteiger partial charge in [-0.1, -0.05) is 12.1 Å². The van der Waals surface area contributed by atoms with Gasteiger partial charge in [0.05, 0.1) is 12.8 Å². The molecule has 1 aromatic rings. The van der Waals surface area contributed by atoms with Gasteiger partial charge in [-0.05, 0) is 25.5 Å². The van der Waals surface area contributed by atoms with Crippen LogP contribution in [0.1, 0.15) is 13.3 Å². The van der Waals surface area contributed by atoms with Crippen molar-refractivity contribution in [3.05, 3.63) is 36.0 Å². The summed E-state index contributed by atoms with van der Waals surface area (Å²) in [6.45, 7) is 3.62. The van der Waals surface area contributed by atoms with E-state index in [9.17, 15) is 4.79 Å². The standard InChI is InChI=1S/C16H21N3O3/c1-3-22-10-6-9-18-16(20)13(11-17)12-19-14-7-4-5-8-15(14)21-2/h4-5,7-8,12,19H,3,6,9-10H2,1-2H3,(H,18,20)/b13-12-. The molecule has 0 aromatic heterocycles. The van der Waals surface area contributed by atoms with Crippen molar-refractivity contribution in [2.24, 2.45) is 0 Å². The van der Waals surface area contributed by atoms with Gasteiger partial charge in [0.1, 0.15) is 17.4 Å². The summed E-state index contributed by atoms with van der Waals surface area (Å²) in [5.74, 6) is 0.217. The van der Waals surface area contributed by atoms with Gasteiger partial charge in [0.25, 0.3) is 5.91 Å². The molecule has 6 heteroatoms. The third-order valence-corrected chi connectivity index (χ3v) is 2.80. The van der Waals surface area contributed by atoms with E-state index < -0.39 is 5.91 Å². The zero-order chi connectivity index (χ0) is 16.2. The summed E-state index contributed by atoms with van der Waals surface area (Å²) >= 11 is 0. The Morgan fingerprint density at radius 1 is 1.41 bits per heavy atom. The summed E-state index contributed by atoms with van der Waals surface area (Å²) in [4.78, 5) is 11.9. The number of anilines is 1. The Labute approximate surface area is 130 Å². The Hall–Kier alpha value is -2.52. The van der Waals surface area contributed by atoms with Gasteiger partial charge in [0.15, 0.2) is 0 Å². The molecule has 0 aliphatic rings. The van der Waals surface area contributed by atoms with Crippen molar-refractivity contribution >= 4 is 11.6 Å². The van der Waals surface area contributed by atoms with Crippen molar-refractivity contribution in [2.45, 2.75) is 13.3 Å². The predicted molar refractivity (Wildman–Crippen MR) is 84.4 cm³/mol. The molecular formula is C16H21N3O3. The Morgan fingerprint density at radius 3 is 2.86 bits per heavy atom. The topological polar surface area (TPSA) is 83.4 Å². The Morgan fingerprint density at radius 2 is 2.18 bits per heavy atom. The molecule has 0 radical (unpaired) electrons. The number of hydrogen-bond acceptors (Lipinski definition) is 5. The third kappa shape index (κ3) is 5.85. The minimum atomic E-state index is -0.415. The fourth-order valence-corrected chi connectivity index (χ4v) is 1.68. The maximum absolute atomic E-state index is 11.9. The van der Waals surface area contributed by atoms with E-state index in [-0.39, 0.29) is 5.57 Å². The van der Waals surface area contributed by atoms with Crippen LogP contribution in [0.4, 0.5) is 5.69 Å². The summed E-state index contributed by atoms with van der Waals surface area (Å²) in [6, 6.07) is 9.13. The van der Waals surface area contributed by atoms with Crippen molar-refractivity contribution in [1.29, 1.82) is 5.26 Å². The maximum atomic E-state index is 11.9. The lowest BCUT2D eigenvalue weighted by Crippen LogP contribution is -2.26. The van der Waals surface area contributed by atoms with Gasteiger partial charge in [-0.15, -0.1) is 0 Å². The number of carbonyl (C=O) groups excluding carboxylic acids is 1. The quantitative estimate of drug-likeness (QED) is 0.414. The number of methoxy groups -OCH3 is 1. The molecule has 2 N–H and O–H groups in total. The molecule has 1 rings (SSSR count). The molecule has 22 heavy (non-hydrogen) atoms. The summed E-state index contributed by atoms with van der Waals surface area (Å²) < 4.78 is 10.4. The number of para-hydroxylation sites is 2. The van der Waals surface area contributed by atoms with E-state index in [1.54, 1.807) is 19.2 Å². The first kappa shape index (κ1) is 17.5. The van der Waals surface area contributed by atoms with Crippen LogP contribution < -0.4 is 15.4 Å². The maximum Gasteiger partial charge on any atom is 0.263 e. The highest BCUT2D eigenvalue weighted by molar-refractivity contribution is 5.97. The first-order chi connectivity index (χ1) is 10.7. The lowest BCUT2D eigenvalue weighted by molar-refractivity contribution is -0.117. The Kier molecular flexibility index (Phi) is 8.16. The SMILES string of the molecule is CCOCCCNC(=O)/C(C#N)=C\Nc1ccccc1OC. The van der Waals surface area contributed by atoms with Gasteiger partial charge >= 0.3 is 0 Å². The number of ether oxygens (including phenoxy) is 2. The number of nitrogens with one attached hydrogen (secondary N) is 2. The second-order valence-electron chi connectivity index (χ2n) is 4.32. The lowest BCUT2D eigenvalue weighted by Gasteiger charge is -2.08. The summed E-state index contributed by atoms with van der Waals surface area (Å²) in [5.41, 5.74) is 0.684. The van der Waals surface area contributed by atoms with Crippen molar-refractivity contribution in [2.75, 3.05) is 32.2 Å². The van der Waals surface area contributed by atoms with Crippen LogP contribution in [-0.2, 0) is 9.53 Å². The molecule has 0 aliphatic carbocycles. The predicted octanol–water partition coefficient (Wildman–Crippen LogP) is 2.06. The van der Waals surface area contributed by atoms with Crippen LogP contribution in [0, 0.1) is 11.3 Å². The second-order valence-corrected chi connectivity index (χ2v) is 4.32. The fraction of sp³-hybridized carbons (Fsp3) is 0.375. The van der Waals surface area contributed by atoms with E-state index in [2.05, 4.69) is 10.6 Å². The van der Waals surface area contributed by atoms with Crippen LogP contribution in [-0.4, -0.2) is 32.8 Å². The van der Waals surface area contributed by atoms with Crippen molar-refractivity contribution in [3.8, 4) is 11.8 Å². The summed E-state index contributed by atoms with van der Waals surface area (Å²) in [7, 11) is 1.56. The molecule has 6 nitrogen and oxygen atoms in total. The molecule has 0 atom stereocenters. The highest BCUT2D eigenvalue weighted by Crippen LogP contribution is 2.23. The van der Waals surface area contributed by atoms with Crippen LogP contribution in [0.5, 0.6) is 5.75 Å². The third-order valence-electron chi connectivity index (χ3n) is 2.80. The van der Waals surface area contributed by atoms with E-state index in [0.717, 1.165) is 0 Å². The molecule has 0 aliphatic heterocycles. The summed E-state index contributed by atoms with van der Waals surface area (Å²) in [5, 5.41) is 14.7. The molecule has 1 amide bonds. The lowest BCUT2D eigenvalue weighted by atomic mass is 10.2. The smallest absolute Gasteiger partial charge is 0.263 e. The van der Waals surface area contributed by atoms with Crippen molar-refractivity contribution in [1.82, 2.24) is 5.32 Å². The minimum Gasteiger partial charge on any atom is -0.495 e. The number of hydrogen-bond donors (Lipinski definition) is 2. The van der Waals surface area contributed by atoms with E-state index in [1.165, 1.54) is 6.20 Å². The van der Waals surface area contributed by atoms with Crippen LogP contribution in [0.25, 0.3) is 0 Å². The van der Waals surface area contributed by atoms with Gasteiger partial charge < -0.3 is 20.1 Å². The molecule has 0 saturated heterocycles. The minimum absolute atomic E-state index is 0.00214. The normalized spacial score (nSPS) is 10.7. The number of nitrogens with zero attached hydrogens (tertiary/aromatic N) is 1. The monoisotopic (exact) mass is 303 g/mol. The number of nitriles is 1. The van der Waals surface area contributed by atoms with Crippen LogP contribution in [0.3, 0.4) is 0 Å². The largest absolute Gasteiger partial charge is 0.495 e. The zero-order valence-electron chi connectivity index (χ0n) is 12.9.